The monoisotopic (exact) mass is 340 g/mol. The minimum absolute atomic E-state index is 0.0766. The first-order valence-corrected chi connectivity index (χ1v) is 7.15. The lowest BCUT2D eigenvalue weighted by atomic mass is 10.1. The number of methoxy groups -OCH3 is 1. The number of hydrogen-bond acceptors (Lipinski definition) is 2. The van der Waals surface area contributed by atoms with Gasteiger partial charge < -0.3 is 15.4 Å². The molecule has 0 heterocycles. The normalized spacial score (nSPS) is 11.0. The standard InChI is InChI=1S/C16H15F3N2OS/c1-22-12-8-6-11(7-9-12)10-20-15(23)21-14-5-3-2-4-13(14)16(17,18)19/h2-9H,10H2,1H3,(H2,20,21,23). The van der Waals surface area contributed by atoms with Gasteiger partial charge in [0.15, 0.2) is 5.11 Å². The van der Waals surface area contributed by atoms with E-state index >= 15 is 0 Å². The van der Waals surface area contributed by atoms with Gasteiger partial charge in [-0.25, -0.2) is 0 Å². The predicted molar refractivity (Wildman–Crippen MR) is 87.5 cm³/mol. The van der Waals surface area contributed by atoms with E-state index < -0.39 is 11.7 Å². The quantitative estimate of drug-likeness (QED) is 0.818. The van der Waals surface area contributed by atoms with Crippen LogP contribution in [0.5, 0.6) is 5.75 Å². The molecule has 0 bridgehead atoms. The number of para-hydroxylation sites is 1. The Balaban J connectivity index is 1.97. The number of halogens is 3. The molecule has 0 atom stereocenters. The Bertz CT molecular complexity index is 672. The van der Waals surface area contributed by atoms with Crippen molar-refractivity contribution in [1.82, 2.24) is 5.32 Å². The molecule has 7 heteroatoms. The molecule has 0 aliphatic carbocycles. The first kappa shape index (κ1) is 17.1. The number of benzene rings is 2. The number of hydrogen-bond donors (Lipinski definition) is 2. The highest BCUT2D eigenvalue weighted by molar-refractivity contribution is 7.80. The molecule has 0 fully saturated rings. The zero-order valence-electron chi connectivity index (χ0n) is 12.3. The van der Waals surface area contributed by atoms with Crippen LogP contribution in [-0.2, 0) is 12.7 Å². The van der Waals surface area contributed by atoms with Crippen LogP contribution in [0.4, 0.5) is 18.9 Å². The van der Waals surface area contributed by atoms with E-state index in [0.29, 0.717) is 6.54 Å². The maximum absolute atomic E-state index is 12.9. The number of rotatable bonds is 4. The second kappa shape index (κ2) is 7.32. The summed E-state index contributed by atoms with van der Waals surface area (Å²) in [6.45, 7) is 0.393. The minimum Gasteiger partial charge on any atom is -0.497 e. The third kappa shape index (κ3) is 4.85. The molecule has 0 aliphatic rings. The lowest BCUT2D eigenvalue weighted by Crippen LogP contribution is -2.28. The second-order valence-electron chi connectivity index (χ2n) is 4.70. The summed E-state index contributed by atoms with van der Waals surface area (Å²) in [6, 6.07) is 12.5. The number of alkyl halides is 3. The second-order valence-corrected chi connectivity index (χ2v) is 5.11. The molecule has 122 valence electrons. The van der Waals surface area contributed by atoms with E-state index in [0.717, 1.165) is 17.4 Å². The molecule has 0 spiro atoms. The van der Waals surface area contributed by atoms with E-state index in [1.165, 1.54) is 18.2 Å². The van der Waals surface area contributed by atoms with Gasteiger partial charge in [-0.05, 0) is 42.0 Å². The van der Waals surface area contributed by atoms with Crippen LogP contribution in [0.3, 0.4) is 0 Å². The molecule has 2 rings (SSSR count). The molecule has 0 unspecified atom stereocenters. The Hall–Kier alpha value is -2.28. The van der Waals surface area contributed by atoms with Crippen molar-refractivity contribution in [2.75, 3.05) is 12.4 Å². The molecule has 0 radical (unpaired) electrons. The van der Waals surface area contributed by atoms with Gasteiger partial charge in [0.05, 0.1) is 18.4 Å². The lowest BCUT2D eigenvalue weighted by molar-refractivity contribution is -0.136. The van der Waals surface area contributed by atoms with Gasteiger partial charge in [0.25, 0.3) is 0 Å². The SMILES string of the molecule is COc1ccc(CNC(=S)Nc2ccccc2C(F)(F)F)cc1. The predicted octanol–water partition coefficient (Wildman–Crippen LogP) is 4.20. The third-order valence-corrected chi connectivity index (χ3v) is 3.34. The van der Waals surface area contributed by atoms with Crippen molar-refractivity contribution in [3.63, 3.8) is 0 Å². The van der Waals surface area contributed by atoms with Gasteiger partial charge in [-0.2, -0.15) is 13.2 Å². The van der Waals surface area contributed by atoms with Gasteiger partial charge >= 0.3 is 6.18 Å². The van der Waals surface area contributed by atoms with Crippen LogP contribution in [-0.4, -0.2) is 12.2 Å². The maximum Gasteiger partial charge on any atom is 0.418 e. The van der Waals surface area contributed by atoms with E-state index in [9.17, 15) is 13.2 Å². The number of thiocarbonyl (C=S) groups is 1. The topological polar surface area (TPSA) is 33.3 Å². The highest BCUT2D eigenvalue weighted by atomic mass is 32.1. The van der Waals surface area contributed by atoms with Crippen molar-refractivity contribution in [3.8, 4) is 5.75 Å². The van der Waals surface area contributed by atoms with Gasteiger partial charge in [-0.15, -0.1) is 0 Å². The van der Waals surface area contributed by atoms with E-state index in [1.807, 2.05) is 12.1 Å². The Morgan fingerprint density at radius 2 is 1.74 bits per heavy atom. The number of anilines is 1. The Morgan fingerprint density at radius 1 is 1.09 bits per heavy atom. The van der Waals surface area contributed by atoms with E-state index in [-0.39, 0.29) is 10.8 Å². The van der Waals surface area contributed by atoms with E-state index in [4.69, 9.17) is 17.0 Å². The lowest BCUT2D eigenvalue weighted by Gasteiger charge is -2.15. The van der Waals surface area contributed by atoms with E-state index in [1.54, 1.807) is 19.2 Å². The fourth-order valence-electron chi connectivity index (χ4n) is 1.93. The molecule has 0 aromatic heterocycles. The summed E-state index contributed by atoms with van der Waals surface area (Å²) >= 11 is 5.05. The largest absolute Gasteiger partial charge is 0.497 e. The van der Waals surface area contributed by atoms with Crippen LogP contribution >= 0.6 is 12.2 Å². The van der Waals surface area contributed by atoms with Crippen LogP contribution in [0.25, 0.3) is 0 Å². The first-order valence-electron chi connectivity index (χ1n) is 6.74. The average molecular weight is 340 g/mol. The van der Waals surface area contributed by atoms with Gasteiger partial charge in [0.1, 0.15) is 5.75 Å². The van der Waals surface area contributed by atoms with Gasteiger partial charge in [-0.1, -0.05) is 24.3 Å². The number of nitrogens with one attached hydrogen (secondary N) is 2. The first-order chi connectivity index (χ1) is 10.9. The molecule has 0 saturated carbocycles. The van der Waals surface area contributed by atoms with Crippen LogP contribution in [0, 0.1) is 0 Å². The smallest absolute Gasteiger partial charge is 0.418 e. The summed E-state index contributed by atoms with van der Waals surface area (Å²) in [6.07, 6.45) is -4.44. The summed E-state index contributed by atoms with van der Waals surface area (Å²) in [5, 5.41) is 5.58. The highest BCUT2D eigenvalue weighted by Crippen LogP contribution is 2.34. The van der Waals surface area contributed by atoms with Crippen LogP contribution in [0.1, 0.15) is 11.1 Å². The fraction of sp³-hybridized carbons (Fsp3) is 0.188. The zero-order valence-corrected chi connectivity index (χ0v) is 13.1. The summed E-state index contributed by atoms with van der Waals surface area (Å²) in [7, 11) is 1.57. The van der Waals surface area contributed by atoms with Gasteiger partial charge in [-0.3, -0.25) is 0 Å². The van der Waals surface area contributed by atoms with Gasteiger partial charge in [0, 0.05) is 6.54 Å². The molecule has 2 aromatic carbocycles. The van der Waals surface area contributed by atoms with Gasteiger partial charge in [0.2, 0.25) is 0 Å². The Labute approximate surface area is 137 Å². The molecule has 0 amide bonds. The highest BCUT2D eigenvalue weighted by Gasteiger charge is 2.33. The summed E-state index contributed by atoms with van der Waals surface area (Å²) in [4.78, 5) is 0. The molecular weight excluding hydrogens is 325 g/mol. The van der Waals surface area contributed by atoms with Crippen LogP contribution in [0.15, 0.2) is 48.5 Å². The fourth-order valence-corrected chi connectivity index (χ4v) is 2.11. The molecule has 0 saturated heterocycles. The summed E-state index contributed by atoms with van der Waals surface area (Å²) in [5.41, 5.74) is 0.0971. The van der Waals surface area contributed by atoms with Crippen molar-refractivity contribution < 1.29 is 17.9 Å². The van der Waals surface area contributed by atoms with E-state index in [2.05, 4.69) is 10.6 Å². The molecule has 2 aromatic rings. The van der Waals surface area contributed by atoms with Crippen molar-refractivity contribution in [1.29, 1.82) is 0 Å². The van der Waals surface area contributed by atoms with Crippen molar-refractivity contribution >= 4 is 23.0 Å². The molecule has 23 heavy (non-hydrogen) atoms. The molecule has 0 aliphatic heterocycles. The van der Waals surface area contributed by atoms with Crippen LogP contribution < -0.4 is 15.4 Å². The van der Waals surface area contributed by atoms with Crippen molar-refractivity contribution in [3.05, 3.63) is 59.7 Å². The minimum atomic E-state index is -4.44. The number of ether oxygens (including phenoxy) is 1. The molecule has 2 N–H and O–H groups in total. The Kier molecular flexibility index (Phi) is 5.44. The summed E-state index contributed by atoms with van der Waals surface area (Å²) in [5.74, 6) is 0.730. The maximum atomic E-state index is 12.9. The summed E-state index contributed by atoms with van der Waals surface area (Å²) < 4.78 is 43.8. The van der Waals surface area contributed by atoms with Crippen molar-refractivity contribution in [2.24, 2.45) is 0 Å². The van der Waals surface area contributed by atoms with Crippen LogP contribution in [0.2, 0.25) is 0 Å². The zero-order chi connectivity index (χ0) is 16.9. The van der Waals surface area contributed by atoms with Crippen molar-refractivity contribution in [2.45, 2.75) is 12.7 Å². The average Bonchev–Trinajstić information content (AvgIpc) is 2.53. The Morgan fingerprint density at radius 3 is 2.35 bits per heavy atom. The third-order valence-electron chi connectivity index (χ3n) is 3.09. The molecular formula is C16H15F3N2OS. The molecule has 3 nitrogen and oxygen atoms in total.